The molecule has 1 aliphatic heterocycles. The third-order valence-corrected chi connectivity index (χ3v) is 7.26. The van der Waals surface area contributed by atoms with E-state index in [1.807, 2.05) is 24.3 Å². The highest BCUT2D eigenvalue weighted by Crippen LogP contribution is 2.29. The highest BCUT2D eigenvalue weighted by atomic mass is 35.5. The fraction of sp³-hybridized carbons (Fsp3) is 0.292. The number of thiazole rings is 1. The molecule has 1 saturated heterocycles. The van der Waals surface area contributed by atoms with Crippen LogP contribution in [0.3, 0.4) is 0 Å². The molecule has 0 aliphatic carbocycles. The van der Waals surface area contributed by atoms with E-state index >= 15 is 0 Å². The summed E-state index contributed by atoms with van der Waals surface area (Å²) in [6.45, 7) is 6.13. The van der Waals surface area contributed by atoms with Gasteiger partial charge in [0.2, 0.25) is 0 Å². The number of piperazine rings is 1. The lowest BCUT2D eigenvalue weighted by atomic mass is 10.2. The number of halogens is 2. The molecule has 2 aromatic carbocycles. The van der Waals surface area contributed by atoms with Gasteiger partial charge in [-0.25, -0.2) is 14.6 Å². The van der Waals surface area contributed by atoms with Crippen molar-refractivity contribution in [2.45, 2.75) is 0 Å². The van der Waals surface area contributed by atoms with Gasteiger partial charge < -0.3 is 20.0 Å². The number of benzene rings is 2. The Balaban J connectivity index is 0.000000371. The average Bonchev–Trinajstić information content (AvgIpc) is 3.28. The molecule has 1 aromatic heterocycles. The largest absolute Gasteiger partial charge is 0.478 e. The topological polar surface area (TPSA) is 97.2 Å². The van der Waals surface area contributed by atoms with Crippen LogP contribution in [0, 0.1) is 0 Å². The number of rotatable bonds is 7. The molecule has 0 bridgehead atoms. The Kier molecular flexibility index (Phi) is 9.73. The molecule has 0 saturated carbocycles. The lowest BCUT2D eigenvalue weighted by Gasteiger charge is -2.36. The molecule has 1 fully saturated rings. The van der Waals surface area contributed by atoms with Crippen LogP contribution in [0.15, 0.2) is 54.6 Å². The molecule has 1 aliphatic rings. The maximum atomic E-state index is 9.55. The van der Waals surface area contributed by atoms with E-state index in [1.54, 1.807) is 11.3 Å². The number of likely N-dealkylation sites (N-methyl/N-ethyl adjacent to an activating group) is 1. The maximum Gasteiger partial charge on any atom is 0.328 e. The molecule has 0 atom stereocenters. The number of carboxylic acids is 2. The molecule has 0 spiro atoms. The average molecular weight is 537 g/mol. The summed E-state index contributed by atoms with van der Waals surface area (Å²) in [4.78, 5) is 31.0. The van der Waals surface area contributed by atoms with Gasteiger partial charge in [0.15, 0.2) is 5.13 Å². The monoisotopic (exact) mass is 536 g/mol. The number of aromatic nitrogens is 1. The molecule has 2 heterocycles. The van der Waals surface area contributed by atoms with Gasteiger partial charge in [-0.05, 0) is 30.3 Å². The van der Waals surface area contributed by atoms with Gasteiger partial charge in [0.25, 0.3) is 0 Å². The molecule has 4 rings (SSSR count). The van der Waals surface area contributed by atoms with Gasteiger partial charge in [-0.15, -0.1) is 0 Å². The smallest absolute Gasteiger partial charge is 0.328 e. The van der Waals surface area contributed by atoms with Gasteiger partial charge in [-0.1, -0.05) is 46.7 Å². The van der Waals surface area contributed by atoms with Gasteiger partial charge in [0.1, 0.15) is 0 Å². The minimum atomic E-state index is -1.26. The molecule has 8 nitrogen and oxygen atoms in total. The van der Waals surface area contributed by atoms with Crippen LogP contribution < -0.4 is 9.80 Å². The summed E-state index contributed by atoms with van der Waals surface area (Å²) in [5.41, 5.74) is 2.23. The molecule has 35 heavy (non-hydrogen) atoms. The summed E-state index contributed by atoms with van der Waals surface area (Å²) in [6, 6.07) is 14.2. The quantitative estimate of drug-likeness (QED) is 0.423. The number of hydrogen-bond acceptors (Lipinski definition) is 7. The van der Waals surface area contributed by atoms with Crippen molar-refractivity contribution in [3.8, 4) is 0 Å². The Hall–Kier alpha value is -2.85. The Morgan fingerprint density at radius 3 is 2.29 bits per heavy atom. The summed E-state index contributed by atoms with van der Waals surface area (Å²) in [6.07, 6.45) is 1.12. The summed E-state index contributed by atoms with van der Waals surface area (Å²) in [5.74, 6) is -2.51. The normalized spacial score (nSPS) is 14.1. The molecular weight excluding hydrogens is 511 g/mol. The van der Waals surface area contributed by atoms with Crippen LogP contribution in [-0.2, 0) is 9.59 Å². The minimum absolute atomic E-state index is 0.558. The summed E-state index contributed by atoms with van der Waals surface area (Å²) in [7, 11) is 2.13. The van der Waals surface area contributed by atoms with Crippen molar-refractivity contribution in [3.63, 3.8) is 0 Å². The van der Waals surface area contributed by atoms with Crippen molar-refractivity contribution in [1.82, 2.24) is 9.88 Å². The van der Waals surface area contributed by atoms with Crippen LogP contribution in [0.1, 0.15) is 0 Å². The molecule has 11 heteroatoms. The van der Waals surface area contributed by atoms with Crippen LogP contribution in [0.2, 0.25) is 10.0 Å². The van der Waals surface area contributed by atoms with Gasteiger partial charge in [0.05, 0.1) is 20.3 Å². The van der Waals surface area contributed by atoms with Crippen LogP contribution in [0.25, 0.3) is 10.2 Å². The number of nitrogens with zero attached hydrogens (tertiary/aromatic N) is 4. The van der Waals surface area contributed by atoms with E-state index in [0.717, 1.165) is 55.6 Å². The Bertz CT molecular complexity index is 1150. The van der Waals surface area contributed by atoms with E-state index in [9.17, 15) is 9.59 Å². The zero-order valence-electron chi connectivity index (χ0n) is 19.1. The predicted octanol–water partition coefficient (Wildman–Crippen LogP) is 4.57. The number of carbonyl (C=O) groups is 2. The molecular formula is C24H26Cl2N4O4S. The summed E-state index contributed by atoms with van der Waals surface area (Å²) >= 11 is 13.9. The maximum absolute atomic E-state index is 9.55. The molecule has 3 aromatic rings. The number of anilines is 2. The first-order valence-corrected chi connectivity index (χ1v) is 12.4. The second-order valence-corrected chi connectivity index (χ2v) is 9.65. The number of para-hydroxylation sites is 1. The van der Waals surface area contributed by atoms with E-state index < -0.39 is 11.9 Å². The zero-order chi connectivity index (χ0) is 25.4. The van der Waals surface area contributed by atoms with Crippen molar-refractivity contribution >= 4 is 67.5 Å². The molecule has 186 valence electrons. The summed E-state index contributed by atoms with van der Waals surface area (Å²) < 4.78 is 1.24. The molecule has 2 N–H and O–H groups in total. The van der Waals surface area contributed by atoms with Crippen LogP contribution in [-0.4, -0.2) is 78.4 Å². The van der Waals surface area contributed by atoms with Crippen molar-refractivity contribution in [2.24, 2.45) is 0 Å². The second kappa shape index (κ2) is 12.7. The molecule has 0 unspecified atom stereocenters. The third-order valence-electron chi connectivity index (χ3n) is 5.37. The van der Waals surface area contributed by atoms with E-state index in [0.29, 0.717) is 22.2 Å². The van der Waals surface area contributed by atoms with Crippen molar-refractivity contribution in [2.75, 3.05) is 56.1 Å². The third kappa shape index (κ3) is 8.10. The second-order valence-electron chi connectivity index (χ2n) is 7.82. The standard InChI is InChI=1S/C20H22Cl2N4S.C4H4O4/c1-24(20-23-18-4-2-3-5-19(18)27-20)8-9-25-10-12-26(13-11-25)15-6-7-16(21)17(22)14-15;5-3(6)1-2-4(7)8/h2-7,14H,8-13H2,1H3;1-2H,(H,5,6)(H,7,8). The van der Waals surface area contributed by atoms with Crippen LogP contribution in [0.4, 0.5) is 10.8 Å². The predicted molar refractivity (Wildman–Crippen MR) is 142 cm³/mol. The Morgan fingerprint density at radius 2 is 1.69 bits per heavy atom. The first-order chi connectivity index (χ1) is 16.7. The highest BCUT2D eigenvalue weighted by molar-refractivity contribution is 7.22. The van der Waals surface area contributed by atoms with Gasteiger partial charge in [-0.2, -0.15) is 0 Å². The SMILES string of the molecule is CN(CCN1CCN(c2ccc(Cl)c(Cl)c2)CC1)c1nc2ccccc2s1.O=C(O)C=CC(=O)O. The zero-order valence-corrected chi connectivity index (χ0v) is 21.4. The lowest BCUT2D eigenvalue weighted by Crippen LogP contribution is -2.48. The number of carboxylic acid groups (broad SMARTS) is 2. The summed E-state index contributed by atoms with van der Waals surface area (Å²) in [5, 5.41) is 17.9. The fourth-order valence-corrected chi connectivity index (χ4v) is 4.71. The first kappa shape index (κ1) is 26.7. The van der Waals surface area contributed by atoms with Gasteiger partial charge in [-0.3, -0.25) is 4.90 Å². The number of fused-ring (bicyclic) bond motifs is 1. The van der Waals surface area contributed by atoms with Crippen molar-refractivity contribution in [1.29, 1.82) is 0 Å². The van der Waals surface area contributed by atoms with Crippen molar-refractivity contribution < 1.29 is 19.8 Å². The van der Waals surface area contributed by atoms with Gasteiger partial charge in [0, 0.05) is 64.2 Å². The van der Waals surface area contributed by atoms with E-state index in [4.69, 9.17) is 38.4 Å². The van der Waals surface area contributed by atoms with E-state index in [-0.39, 0.29) is 0 Å². The lowest BCUT2D eigenvalue weighted by molar-refractivity contribution is -0.134. The van der Waals surface area contributed by atoms with Gasteiger partial charge >= 0.3 is 11.9 Å². The minimum Gasteiger partial charge on any atom is -0.478 e. The Labute approximate surface area is 217 Å². The van der Waals surface area contributed by atoms with Crippen molar-refractivity contribution in [3.05, 3.63) is 64.7 Å². The molecule has 0 radical (unpaired) electrons. The van der Waals surface area contributed by atoms with E-state index in [2.05, 4.69) is 39.9 Å². The Morgan fingerprint density at radius 1 is 1.03 bits per heavy atom. The fourth-order valence-electron chi connectivity index (χ4n) is 3.46. The van der Waals surface area contributed by atoms with Crippen LogP contribution in [0.5, 0.6) is 0 Å². The number of aliphatic carboxylic acids is 2. The van der Waals surface area contributed by atoms with E-state index in [1.165, 1.54) is 4.70 Å². The highest BCUT2D eigenvalue weighted by Gasteiger charge is 2.18. The first-order valence-electron chi connectivity index (χ1n) is 10.9. The van der Waals surface area contributed by atoms with Crippen LogP contribution >= 0.6 is 34.5 Å². The molecule has 0 amide bonds. The number of hydrogen-bond donors (Lipinski definition) is 2.